The molecule has 0 bridgehead atoms. The van der Waals surface area contributed by atoms with Crippen LogP contribution in [0.3, 0.4) is 0 Å². The fraction of sp³-hybridized carbons (Fsp3) is 0.222. The molecule has 0 amide bonds. The molecule has 0 radical (unpaired) electrons. The molecule has 2 aromatic carbocycles. The molecule has 24 heavy (non-hydrogen) atoms. The number of hydrogen-bond acceptors (Lipinski definition) is 4. The van der Waals surface area contributed by atoms with Crippen LogP contribution in [0.5, 0.6) is 11.5 Å². The van der Waals surface area contributed by atoms with E-state index in [1.54, 1.807) is 0 Å². The van der Waals surface area contributed by atoms with Gasteiger partial charge in [-0.2, -0.15) is 0 Å². The van der Waals surface area contributed by atoms with Crippen molar-refractivity contribution in [2.45, 2.75) is 25.4 Å². The van der Waals surface area contributed by atoms with Crippen LogP contribution in [-0.2, 0) is 6.54 Å². The molecule has 0 unspecified atom stereocenters. The minimum atomic E-state index is 0.541. The number of benzene rings is 2. The van der Waals surface area contributed by atoms with Crippen molar-refractivity contribution in [3.8, 4) is 11.5 Å². The van der Waals surface area contributed by atoms with Crippen LogP contribution in [-0.4, -0.2) is 15.0 Å². The molecule has 0 atom stereocenters. The fourth-order valence-corrected chi connectivity index (χ4v) is 2.62. The predicted octanol–water partition coefficient (Wildman–Crippen LogP) is 4.67. The summed E-state index contributed by atoms with van der Waals surface area (Å²) < 4.78 is 7.81. The lowest BCUT2D eigenvalue weighted by atomic mass is 10.3. The number of nitrogens with one attached hydrogen (secondary N) is 1. The first-order chi connectivity index (χ1) is 11.8. The number of hydrogen-bond donors (Lipinski definition) is 1. The van der Waals surface area contributed by atoms with E-state index in [0.717, 1.165) is 22.9 Å². The molecular formula is C18H17ClN4O. The smallest absolute Gasteiger partial charge is 0.127 e. The monoisotopic (exact) mass is 340 g/mol. The third-order valence-corrected chi connectivity index (χ3v) is 4.17. The van der Waals surface area contributed by atoms with Gasteiger partial charge in [-0.1, -0.05) is 16.8 Å². The highest BCUT2D eigenvalue weighted by atomic mass is 35.5. The van der Waals surface area contributed by atoms with E-state index in [1.807, 2.05) is 59.4 Å². The number of anilines is 1. The maximum absolute atomic E-state index is 5.87. The second-order valence-corrected chi connectivity index (χ2v) is 6.27. The van der Waals surface area contributed by atoms with Crippen LogP contribution in [0.1, 0.15) is 24.6 Å². The van der Waals surface area contributed by atoms with Gasteiger partial charge in [0.05, 0.1) is 24.5 Å². The Morgan fingerprint density at radius 2 is 1.71 bits per heavy atom. The zero-order valence-corrected chi connectivity index (χ0v) is 13.8. The van der Waals surface area contributed by atoms with Gasteiger partial charge in [-0.3, -0.25) is 0 Å². The summed E-state index contributed by atoms with van der Waals surface area (Å²) in [5, 5.41) is 12.3. The molecule has 122 valence electrons. The second kappa shape index (κ2) is 6.53. The van der Waals surface area contributed by atoms with Crippen molar-refractivity contribution in [2.24, 2.45) is 0 Å². The largest absolute Gasteiger partial charge is 0.457 e. The highest BCUT2D eigenvalue weighted by Gasteiger charge is 2.26. The number of nitrogens with zero attached hydrogens (tertiary/aromatic N) is 3. The molecule has 1 aromatic heterocycles. The Bertz CT molecular complexity index is 810. The van der Waals surface area contributed by atoms with Gasteiger partial charge in [0.25, 0.3) is 0 Å². The van der Waals surface area contributed by atoms with E-state index in [2.05, 4.69) is 15.6 Å². The molecular weight excluding hydrogens is 324 g/mol. The molecule has 1 heterocycles. The van der Waals surface area contributed by atoms with Gasteiger partial charge >= 0.3 is 0 Å². The molecule has 0 saturated heterocycles. The summed E-state index contributed by atoms with van der Waals surface area (Å²) in [4.78, 5) is 0. The second-order valence-electron chi connectivity index (χ2n) is 5.84. The highest BCUT2D eigenvalue weighted by molar-refractivity contribution is 6.30. The lowest BCUT2D eigenvalue weighted by Gasteiger charge is -2.09. The van der Waals surface area contributed by atoms with Gasteiger partial charge in [-0.05, 0) is 61.4 Å². The molecule has 4 rings (SSSR count). The van der Waals surface area contributed by atoms with Crippen molar-refractivity contribution in [1.29, 1.82) is 0 Å². The Labute approximate surface area is 145 Å². The number of rotatable bonds is 6. The van der Waals surface area contributed by atoms with Gasteiger partial charge in [0.15, 0.2) is 0 Å². The summed E-state index contributed by atoms with van der Waals surface area (Å²) in [7, 11) is 0. The summed E-state index contributed by atoms with van der Waals surface area (Å²) in [6.45, 7) is 0.709. The summed E-state index contributed by atoms with van der Waals surface area (Å²) in [6.07, 6.45) is 4.23. The molecule has 5 nitrogen and oxygen atoms in total. The third kappa shape index (κ3) is 3.51. The van der Waals surface area contributed by atoms with E-state index in [4.69, 9.17) is 16.3 Å². The summed E-state index contributed by atoms with van der Waals surface area (Å²) in [5.74, 6) is 1.55. The first-order valence-corrected chi connectivity index (χ1v) is 8.32. The third-order valence-electron chi connectivity index (χ3n) is 3.92. The Hall–Kier alpha value is -2.53. The minimum Gasteiger partial charge on any atom is -0.457 e. The quantitative estimate of drug-likeness (QED) is 0.708. The molecule has 1 saturated carbocycles. The molecule has 3 aromatic rings. The number of ether oxygens (including phenoxy) is 1. The maximum Gasteiger partial charge on any atom is 0.127 e. The van der Waals surface area contributed by atoms with Gasteiger partial charge < -0.3 is 10.1 Å². The molecule has 1 aliphatic carbocycles. The molecule has 6 heteroatoms. The predicted molar refractivity (Wildman–Crippen MR) is 93.6 cm³/mol. The van der Waals surface area contributed by atoms with Crippen molar-refractivity contribution in [3.63, 3.8) is 0 Å². The van der Waals surface area contributed by atoms with Crippen LogP contribution in [0.4, 0.5) is 5.69 Å². The van der Waals surface area contributed by atoms with Crippen molar-refractivity contribution in [3.05, 3.63) is 65.4 Å². The van der Waals surface area contributed by atoms with Gasteiger partial charge in [-0.25, -0.2) is 4.68 Å². The number of aromatic nitrogens is 3. The van der Waals surface area contributed by atoms with Gasteiger partial charge in [0.2, 0.25) is 0 Å². The van der Waals surface area contributed by atoms with E-state index in [1.165, 1.54) is 12.8 Å². The lowest BCUT2D eigenvalue weighted by Crippen LogP contribution is -2.07. The minimum absolute atomic E-state index is 0.541. The van der Waals surface area contributed by atoms with Crippen LogP contribution in [0.2, 0.25) is 5.02 Å². The molecule has 0 aliphatic heterocycles. The zero-order chi connectivity index (χ0) is 16.4. The normalized spacial score (nSPS) is 13.7. The fourth-order valence-electron chi connectivity index (χ4n) is 2.49. The van der Waals surface area contributed by atoms with Crippen LogP contribution in [0.15, 0.2) is 54.7 Å². The first-order valence-electron chi connectivity index (χ1n) is 7.94. The summed E-state index contributed by atoms with van der Waals surface area (Å²) in [6, 6.07) is 15.7. The van der Waals surface area contributed by atoms with E-state index in [-0.39, 0.29) is 0 Å². The molecule has 1 aliphatic rings. The van der Waals surface area contributed by atoms with Crippen molar-refractivity contribution < 1.29 is 4.74 Å². The number of halogens is 1. The van der Waals surface area contributed by atoms with Gasteiger partial charge in [0.1, 0.15) is 11.5 Å². The van der Waals surface area contributed by atoms with Crippen molar-refractivity contribution in [2.75, 3.05) is 5.32 Å². The van der Waals surface area contributed by atoms with Crippen LogP contribution in [0.25, 0.3) is 0 Å². The summed E-state index contributed by atoms with van der Waals surface area (Å²) in [5.41, 5.74) is 2.14. The van der Waals surface area contributed by atoms with Crippen molar-refractivity contribution in [1.82, 2.24) is 15.0 Å². The van der Waals surface area contributed by atoms with E-state index in [0.29, 0.717) is 17.6 Å². The van der Waals surface area contributed by atoms with E-state index in [9.17, 15) is 0 Å². The van der Waals surface area contributed by atoms with Crippen LogP contribution >= 0.6 is 11.6 Å². The Kier molecular flexibility index (Phi) is 4.09. The van der Waals surface area contributed by atoms with E-state index >= 15 is 0 Å². The average molecular weight is 341 g/mol. The Balaban J connectivity index is 1.36. The highest BCUT2D eigenvalue weighted by Crippen LogP contribution is 2.34. The molecule has 1 fully saturated rings. The van der Waals surface area contributed by atoms with E-state index < -0.39 is 0 Å². The standard InChI is InChI=1S/C18H17ClN4O/c19-13-1-7-17(8-2-13)24-18-9-3-14(4-10-18)20-11-16-12-21-22-23(16)15-5-6-15/h1-4,7-10,12,15,20H,5-6,11H2. The SMILES string of the molecule is Clc1ccc(Oc2ccc(NCc3cnnn3C3CC3)cc2)cc1. The molecule has 0 spiro atoms. The van der Waals surface area contributed by atoms with Crippen molar-refractivity contribution >= 4 is 17.3 Å². The Morgan fingerprint density at radius 3 is 2.38 bits per heavy atom. The maximum atomic E-state index is 5.87. The zero-order valence-electron chi connectivity index (χ0n) is 13.0. The van der Waals surface area contributed by atoms with Crippen LogP contribution in [0, 0.1) is 0 Å². The van der Waals surface area contributed by atoms with Gasteiger partial charge in [0, 0.05) is 10.7 Å². The molecule has 1 N–H and O–H groups in total. The van der Waals surface area contributed by atoms with Gasteiger partial charge in [-0.15, -0.1) is 5.10 Å². The first kappa shape index (κ1) is 15.0. The average Bonchev–Trinajstić information content (AvgIpc) is 3.34. The summed E-state index contributed by atoms with van der Waals surface area (Å²) >= 11 is 5.87. The Morgan fingerprint density at radius 1 is 1.04 bits per heavy atom. The lowest BCUT2D eigenvalue weighted by molar-refractivity contribution is 0.483. The topological polar surface area (TPSA) is 52.0 Å². The van der Waals surface area contributed by atoms with Crippen LogP contribution < -0.4 is 10.1 Å².